The third kappa shape index (κ3) is 3.30. The van der Waals surface area contributed by atoms with Crippen LogP contribution in [0.4, 0.5) is 0 Å². The first-order valence-corrected chi connectivity index (χ1v) is 7.97. The number of aryl methyl sites for hydroxylation is 2. The zero-order valence-corrected chi connectivity index (χ0v) is 14.1. The van der Waals surface area contributed by atoms with E-state index in [0.29, 0.717) is 5.75 Å². The molecule has 2 rings (SSSR count). The summed E-state index contributed by atoms with van der Waals surface area (Å²) in [6, 6.07) is 3.74. The van der Waals surface area contributed by atoms with E-state index in [1.807, 2.05) is 26.0 Å². The van der Waals surface area contributed by atoms with Crippen LogP contribution in [0.3, 0.4) is 0 Å². The predicted octanol–water partition coefficient (Wildman–Crippen LogP) is 2.44. The largest absolute Gasteiger partial charge is 0.506 e. The second kappa shape index (κ2) is 6.63. The molecule has 21 heavy (non-hydrogen) atoms. The van der Waals surface area contributed by atoms with Crippen molar-refractivity contribution < 1.29 is 15.0 Å². The number of halogens is 1. The van der Waals surface area contributed by atoms with Crippen LogP contribution in [0.25, 0.3) is 10.9 Å². The van der Waals surface area contributed by atoms with Crippen LogP contribution in [0, 0.1) is 13.8 Å². The lowest BCUT2D eigenvalue weighted by atomic mass is 10.0. The molecule has 114 valence electrons. The van der Waals surface area contributed by atoms with E-state index in [0.717, 1.165) is 45.8 Å². The number of unbranched alkanes of at least 4 members (excludes halogenated alkanes) is 1. The van der Waals surface area contributed by atoms with E-state index in [4.69, 9.17) is 11.6 Å². The summed E-state index contributed by atoms with van der Waals surface area (Å²) in [5.74, 6) is 0.386. The fraction of sp³-hybridized carbons (Fsp3) is 0.471. The minimum absolute atomic E-state index is 0.386. The van der Waals surface area contributed by atoms with Gasteiger partial charge in [0, 0.05) is 12.5 Å². The predicted molar refractivity (Wildman–Crippen MR) is 87.0 cm³/mol. The first kappa shape index (κ1) is 16.1. The standard InChI is InChI=1S/C17H23ClN2O/c1-5-6-9-20(4)10-14-12(3)19-16-11(2)15(18)8-7-13(16)17(14)21/h7-8H,5-6,9-10H2,1-4H3,(H,19,21)/p+2. The number of benzene rings is 1. The molecule has 0 spiro atoms. The number of aromatic nitrogens is 1. The fourth-order valence-corrected chi connectivity index (χ4v) is 2.89. The van der Waals surface area contributed by atoms with E-state index in [2.05, 4.69) is 19.0 Å². The van der Waals surface area contributed by atoms with Gasteiger partial charge in [-0.1, -0.05) is 24.9 Å². The van der Waals surface area contributed by atoms with Crippen LogP contribution >= 0.6 is 11.6 Å². The van der Waals surface area contributed by atoms with Gasteiger partial charge in [0.2, 0.25) is 5.52 Å². The maximum absolute atomic E-state index is 10.6. The molecular formula is C17H25ClN2O+2. The lowest BCUT2D eigenvalue weighted by Gasteiger charge is -2.15. The average molecular weight is 309 g/mol. The molecule has 1 atom stereocenters. The topological polar surface area (TPSA) is 38.8 Å². The van der Waals surface area contributed by atoms with Crippen LogP contribution in [-0.2, 0) is 6.54 Å². The second-order valence-electron chi connectivity index (χ2n) is 5.91. The Hall–Kier alpha value is -1.32. The van der Waals surface area contributed by atoms with Crippen molar-refractivity contribution in [1.29, 1.82) is 0 Å². The Labute approximate surface area is 131 Å². The van der Waals surface area contributed by atoms with Crippen LogP contribution in [-0.4, -0.2) is 18.7 Å². The van der Waals surface area contributed by atoms with E-state index in [-0.39, 0.29) is 0 Å². The van der Waals surface area contributed by atoms with Crippen LogP contribution in [0.5, 0.6) is 5.75 Å². The maximum atomic E-state index is 10.6. The van der Waals surface area contributed by atoms with E-state index in [1.54, 1.807) is 0 Å². The molecule has 0 aliphatic carbocycles. The molecule has 2 aromatic rings. The number of aromatic hydroxyl groups is 1. The summed E-state index contributed by atoms with van der Waals surface area (Å²) in [4.78, 5) is 4.82. The van der Waals surface area contributed by atoms with Crippen LogP contribution in [0.15, 0.2) is 12.1 Å². The molecule has 3 nitrogen and oxygen atoms in total. The van der Waals surface area contributed by atoms with Crippen molar-refractivity contribution in [2.75, 3.05) is 13.6 Å². The number of quaternary nitrogens is 1. The summed E-state index contributed by atoms with van der Waals surface area (Å²) in [7, 11) is 2.17. The molecule has 1 aromatic carbocycles. The van der Waals surface area contributed by atoms with E-state index in [1.165, 1.54) is 17.7 Å². The van der Waals surface area contributed by atoms with Crippen LogP contribution < -0.4 is 9.88 Å². The van der Waals surface area contributed by atoms with Gasteiger partial charge in [0.25, 0.3) is 0 Å². The zero-order valence-electron chi connectivity index (χ0n) is 13.3. The molecule has 1 aromatic heterocycles. The summed E-state index contributed by atoms with van der Waals surface area (Å²) < 4.78 is 0. The highest BCUT2D eigenvalue weighted by molar-refractivity contribution is 6.32. The molecule has 0 aliphatic rings. The molecule has 0 fully saturated rings. The molecule has 0 saturated carbocycles. The Kier molecular flexibility index (Phi) is 5.07. The summed E-state index contributed by atoms with van der Waals surface area (Å²) >= 11 is 6.17. The Balaban J connectivity index is 2.44. The normalized spacial score (nSPS) is 12.8. The Morgan fingerprint density at radius 1 is 1.29 bits per heavy atom. The molecule has 0 saturated heterocycles. The van der Waals surface area contributed by atoms with Gasteiger partial charge >= 0.3 is 0 Å². The third-order valence-corrected chi connectivity index (χ3v) is 4.55. The summed E-state index contributed by atoms with van der Waals surface area (Å²) in [5.41, 5.74) is 3.91. The summed E-state index contributed by atoms with van der Waals surface area (Å²) in [5, 5.41) is 12.2. The van der Waals surface area contributed by atoms with Crippen molar-refractivity contribution >= 4 is 22.5 Å². The molecule has 1 unspecified atom stereocenters. The molecule has 0 aliphatic heterocycles. The number of nitrogens with one attached hydrogen (secondary N) is 2. The smallest absolute Gasteiger partial charge is 0.219 e. The lowest BCUT2D eigenvalue weighted by molar-refractivity contribution is -0.894. The fourth-order valence-electron chi connectivity index (χ4n) is 2.73. The van der Waals surface area contributed by atoms with Gasteiger partial charge in [0.05, 0.1) is 24.0 Å². The minimum atomic E-state index is 0.386. The van der Waals surface area contributed by atoms with Gasteiger partial charge in [0.15, 0.2) is 5.69 Å². The quantitative estimate of drug-likeness (QED) is 0.875. The number of aromatic amines is 1. The number of H-pyrrole nitrogens is 1. The van der Waals surface area contributed by atoms with Gasteiger partial charge in [0.1, 0.15) is 17.9 Å². The van der Waals surface area contributed by atoms with Gasteiger partial charge in [-0.05, 0) is 25.5 Å². The molecular weight excluding hydrogens is 284 g/mol. The highest BCUT2D eigenvalue weighted by atomic mass is 35.5. The van der Waals surface area contributed by atoms with Crippen molar-refractivity contribution in [1.82, 2.24) is 0 Å². The molecule has 3 N–H and O–H groups in total. The van der Waals surface area contributed by atoms with Crippen molar-refractivity contribution in [2.45, 2.75) is 40.2 Å². The number of pyridine rings is 1. The third-order valence-electron chi connectivity index (χ3n) is 4.14. The van der Waals surface area contributed by atoms with Gasteiger partial charge in [-0.15, -0.1) is 0 Å². The van der Waals surface area contributed by atoms with Crippen molar-refractivity contribution in [3.8, 4) is 5.75 Å². The SMILES string of the molecule is CCCC[NH+](C)Cc1c(C)[nH+]c2c(C)c(Cl)ccc2c1O. The molecule has 1 heterocycles. The first-order valence-electron chi connectivity index (χ1n) is 7.59. The molecule has 4 heteroatoms. The number of hydrogen-bond acceptors (Lipinski definition) is 1. The van der Waals surface area contributed by atoms with Crippen molar-refractivity contribution in [3.63, 3.8) is 0 Å². The Morgan fingerprint density at radius 3 is 2.67 bits per heavy atom. The van der Waals surface area contributed by atoms with Gasteiger partial charge in [-0.25, -0.2) is 4.98 Å². The summed E-state index contributed by atoms with van der Waals surface area (Å²) in [6.07, 6.45) is 2.40. The molecule has 0 bridgehead atoms. The van der Waals surface area contributed by atoms with Crippen LogP contribution in [0.1, 0.15) is 36.6 Å². The average Bonchev–Trinajstić information content (AvgIpc) is 2.45. The van der Waals surface area contributed by atoms with Crippen LogP contribution in [0.2, 0.25) is 5.02 Å². The minimum Gasteiger partial charge on any atom is -0.506 e. The number of fused-ring (bicyclic) bond motifs is 1. The van der Waals surface area contributed by atoms with E-state index in [9.17, 15) is 5.11 Å². The summed E-state index contributed by atoms with van der Waals surface area (Å²) in [6.45, 7) is 8.13. The van der Waals surface area contributed by atoms with E-state index >= 15 is 0 Å². The molecule has 0 amide bonds. The number of rotatable bonds is 5. The van der Waals surface area contributed by atoms with Crippen molar-refractivity contribution in [2.24, 2.45) is 0 Å². The van der Waals surface area contributed by atoms with E-state index < -0.39 is 0 Å². The lowest BCUT2D eigenvalue weighted by Crippen LogP contribution is -3.07. The highest BCUT2D eigenvalue weighted by Gasteiger charge is 2.21. The van der Waals surface area contributed by atoms with Gasteiger partial charge < -0.3 is 10.0 Å². The first-order chi connectivity index (χ1) is 9.95. The Bertz CT molecular complexity index is 655. The van der Waals surface area contributed by atoms with Gasteiger partial charge in [-0.3, -0.25) is 0 Å². The van der Waals surface area contributed by atoms with Gasteiger partial charge in [-0.2, -0.15) is 0 Å². The maximum Gasteiger partial charge on any atom is 0.219 e. The highest BCUT2D eigenvalue weighted by Crippen LogP contribution is 2.31. The molecule has 0 radical (unpaired) electrons. The monoisotopic (exact) mass is 308 g/mol. The zero-order chi connectivity index (χ0) is 15.6. The Morgan fingerprint density at radius 2 is 2.00 bits per heavy atom. The second-order valence-corrected chi connectivity index (χ2v) is 6.32. The number of hydrogen-bond donors (Lipinski definition) is 2. The van der Waals surface area contributed by atoms with Crippen molar-refractivity contribution in [3.05, 3.63) is 34.0 Å².